The normalized spacial score (nSPS) is 11.1. The molecule has 0 saturated carbocycles. The van der Waals surface area contributed by atoms with Crippen molar-refractivity contribution in [3.05, 3.63) is 71.8 Å². The number of benzene rings is 2. The third-order valence-electron chi connectivity index (χ3n) is 3.83. The summed E-state index contributed by atoms with van der Waals surface area (Å²) in [4.78, 5) is 8.44. The Hall–Kier alpha value is -3.00. The van der Waals surface area contributed by atoms with Gasteiger partial charge in [-0.25, -0.2) is 13.8 Å². The SMILES string of the molecule is Cc1ccc(-c2noc(CSc3ncc(-c4ccc(F)cc4)o3)n2)cc1F. The number of oxazole rings is 1. The second-order valence-electron chi connectivity index (χ2n) is 5.76. The van der Waals surface area contributed by atoms with Crippen LogP contribution in [0.25, 0.3) is 22.7 Å². The first-order chi connectivity index (χ1) is 13.1. The largest absolute Gasteiger partial charge is 0.431 e. The summed E-state index contributed by atoms with van der Waals surface area (Å²) < 4.78 is 37.5. The Morgan fingerprint density at radius 3 is 2.59 bits per heavy atom. The van der Waals surface area contributed by atoms with E-state index in [0.717, 1.165) is 5.56 Å². The number of nitrogens with zero attached hydrogens (tertiary/aromatic N) is 3. The van der Waals surface area contributed by atoms with Crippen molar-refractivity contribution < 1.29 is 17.7 Å². The van der Waals surface area contributed by atoms with Crippen LogP contribution in [-0.2, 0) is 5.75 Å². The second-order valence-corrected chi connectivity index (χ2v) is 6.69. The summed E-state index contributed by atoms with van der Waals surface area (Å²) in [6.07, 6.45) is 1.57. The minimum Gasteiger partial charge on any atom is -0.431 e. The maximum atomic E-state index is 13.7. The summed E-state index contributed by atoms with van der Waals surface area (Å²) in [5.41, 5.74) is 1.84. The summed E-state index contributed by atoms with van der Waals surface area (Å²) in [5.74, 6) is 0.958. The molecule has 27 heavy (non-hydrogen) atoms. The molecule has 0 unspecified atom stereocenters. The summed E-state index contributed by atoms with van der Waals surface area (Å²) in [6, 6.07) is 10.7. The van der Waals surface area contributed by atoms with Crippen LogP contribution in [-0.4, -0.2) is 15.1 Å². The molecule has 0 aliphatic carbocycles. The fourth-order valence-corrected chi connectivity index (χ4v) is 3.00. The average Bonchev–Trinajstić information content (AvgIpc) is 3.32. The monoisotopic (exact) mass is 385 g/mol. The molecule has 4 rings (SSSR count). The van der Waals surface area contributed by atoms with Crippen LogP contribution >= 0.6 is 11.8 Å². The molecule has 2 aromatic heterocycles. The zero-order valence-corrected chi connectivity index (χ0v) is 15.0. The molecule has 0 N–H and O–H groups in total. The van der Waals surface area contributed by atoms with E-state index in [1.807, 2.05) is 0 Å². The third kappa shape index (κ3) is 3.90. The molecule has 8 heteroatoms. The molecular formula is C19H13F2N3O2S. The van der Waals surface area contributed by atoms with Gasteiger partial charge in [0.1, 0.15) is 11.6 Å². The van der Waals surface area contributed by atoms with Crippen LogP contribution in [0.3, 0.4) is 0 Å². The fourth-order valence-electron chi connectivity index (χ4n) is 2.36. The van der Waals surface area contributed by atoms with E-state index in [2.05, 4.69) is 15.1 Å². The van der Waals surface area contributed by atoms with E-state index in [1.54, 1.807) is 37.4 Å². The molecule has 4 aromatic rings. The van der Waals surface area contributed by atoms with Crippen molar-refractivity contribution in [1.82, 2.24) is 15.1 Å². The molecule has 0 saturated heterocycles. The van der Waals surface area contributed by atoms with Crippen LogP contribution in [0.15, 0.2) is 62.8 Å². The predicted octanol–water partition coefficient (Wildman–Crippen LogP) is 5.27. The van der Waals surface area contributed by atoms with Crippen LogP contribution in [0.2, 0.25) is 0 Å². The summed E-state index contributed by atoms with van der Waals surface area (Å²) in [7, 11) is 0. The van der Waals surface area contributed by atoms with Crippen molar-refractivity contribution in [1.29, 1.82) is 0 Å². The summed E-state index contributed by atoms with van der Waals surface area (Å²) in [6.45, 7) is 1.69. The van der Waals surface area contributed by atoms with Crippen molar-refractivity contribution in [3.8, 4) is 22.7 Å². The topological polar surface area (TPSA) is 65.0 Å². The van der Waals surface area contributed by atoms with Gasteiger partial charge < -0.3 is 8.94 Å². The molecule has 0 spiro atoms. The number of halogens is 2. The zero-order chi connectivity index (χ0) is 18.8. The molecular weight excluding hydrogens is 372 g/mol. The third-order valence-corrected chi connectivity index (χ3v) is 4.66. The molecule has 0 amide bonds. The van der Waals surface area contributed by atoms with Gasteiger partial charge >= 0.3 is 0 Å². The Bertz CT molecular complexity index is 1080. The first-order valence-electron chi connectivity index (χ1n) is 8.02. The predicted molar refractivity (Wildman–Crippen MR) is 95.9 cm³/mol. The standard InChI is InChI=1S/C19H13F2N3O2S/c1-11-2-3-13(8-15(11)21)18-23-17(26-24-18)10-27-19-22-9-16(25-19)12-4-6-14(20)7-5-12/h2-9H,10H2,1H3. The van der Waals surface area contributed by atoms with Gasteiger partial charge in [0.25, 0.3) is 5.22 Å². The average molecular weight is 385 g/mol. The molecule has 0 aliphatic heterocycles. The van der Waals surface area contributed by atoms with Gasteiger partial charge in [0.05, 0.1) is 11.9 Å². The summed E-state index contributed by atoms with van der Waals surface area (Å²) >= 11 is 1.28. The van der Waals surface area contributed by atoms with Crippen molar-refractivity contribution in [2.24, 2.45) is 0 Å². The van der Waals surface area contributed by atoms with Gasteiger partial charge in [-0.05, 0) is 42.8 Å². The van der Waals surface area contributed by atoms with Crippen molar-refractivity contribution in [2.75, 3.05) is 0 Å². The molecule has 0 fully saturated rings. The van der Waals surface area contributed by atoms with Crippen molar-refractivity contribution in [2.45, 2.75) is 17.9 Å². The van der Waals surface area contributed by atoms with E-state index in [0.29, 0.717) is 39.6 Å². The number of rotatable bonds is 5. The van der Waals surface area contributed by atoms with E-state index >= 15 is 0 Å². The Kier molecular flexibility index (Phi) is 4.72. The van der Waals surface area contributed by atoms with E-state index < -0.39 is 0 Å². The Morgan fingerprint density at radius 2 is 1.81 bits per heavy atom. The van der Waals surface area contributed by atoms with Gasteiger partial charge in [0.15, 0.2) is 5.76 Å². The van der Waals surface area contributed by atoms with E-state index in [1.165, 1.54) is 30.0 Å². The van der Waals surface area contributed by atoms with E-state index in [9.17, 15) is 8.78 Å². The number of aryl methyl sites for hydroxylation is 1. The lowest BCUT2D eigenvalue weighted by Gasteiger charge is -1.97. The van der Waals surface area contributed by atoms with E-state index in [-0.39, 0.29) is 11.6 Å². The Morgan fingerprint density at radius 1 is 1.04 bits per heavy atom. The number of aromatic nitrogens is 3. The highest BCUT2D eigenvalue weighted by atomic mass is 32.2. The summed E-state index contributed by atoms with van der Waals surface area (Å²) in [5, 5.41) is 4.30. The molecule has 0 bridgehead atoms. The maximum Gasteiger partial charge on any atom is 0.256 e. The van der Waals surface area contributed by atoms with Crippen LogP contribution in [0.5, 0.6) is 0 Å². The first-order valence-corrected chi connectivity index (χ1v) is 9.01. The van der Waals surface area contributed by atoms with E-state index in [4.69, 9.17) is 8.94 Å². The molecule has 2 heterocycles. The number of hydrogen-bond donors (Lipinski definition) is 0. The maximum absolute atomic E-state index is 13.7. The zero-order valence-electron chi connectivity index (χ0n) is 14.1. The molecule has 0 atom stereocenters. The quantitative estimate of drug-likeness (QED) is 0.436. The van der Waals surface area contributed by atoms with Crippen LogP contribution in [0, 0.1) is 18.6 Å². The highest BCUT2D eigenvalue weighted by Gasteiger charge is 2.13. The van der Waals surface area contributed by atoms with Crippen molar-refractivity contribution in [3.63, 3.8) is 0 Å². The molecule has 136 valence electrons. The number of thioether (sulfide) groups is 1. The Labute approximate surface area is 157 Å². The van der Waals surface area contributed by atoms with Gasteiger partial charge in [-0.1, -0.05) is 29.1 Å². The van der Waals surface area contributed by atoms with Gasteiger partial charge in [-0.15, -0.1) is 0 Å². The van der Waals surface area contributed by atoms with Crippen LogP contribution in [0.4, 0.5) is 8.78 Å². The van der Waals surface area contributed by atoms with Gasteiger partial charge in [0, 0.05) is 11.1 Å². The molecule has 0 radical (unpaired) electrons. The highest BCUT2D eigenvalue weighted by Crippen LogP contribution is 2.28. The first kappa shape index (κ1) is 17.4. The van der Waals surface area contributed by atoms with Crippen LogP contribution < -0.4 is 0 Å². The minimum absolute atomic E-state index is 0.312. The number of hydrogen-bond acceptors (Lipinski definition) is 6. The van der Waals surface area contributed by atoms with Gasteiger partial charge in [0.2, 0.25) is 11.7 Å². The molecule has 2 aromatic carbocycles. The lowest BCUT2D eigenvalue weighted by molar-refractivity contribution is 0.391. The van der Waals surface area contributed by atoms with Crippen LogP contribution in [0.1, 0.15) is 11.5 Å². The smallest absolute Gasteiger partial charge is 0.256 e. The van der Waals surface area contributed by atoms with Gasteiger partial charge in [-0.2, -0.15) is 4.98 Å². The fraction of sp³-hybridized carbons (Fsp3) is 0.105. The minimum atomic E-state index is -0.318. The lowest BCUT2D eigenvalue weighted by Crippen LogP contribution is -1.86. The lowest BCUT2D eigenvalue weighted by atomic mass is 10.1. The Balaban J connectivity index is 1.43. The highest BCUT2D eigenvalue weighted by molar-refractivity contribution is 7.98. The van der Waals surface area contributed by atoms with Crippen molar-refractivity contribution >= 4 is 11.8 Å². The second kappa shape index (κ2) is 7.32. The van der Waals surface area contributed by atoms with Gasteiger partial charge in [-0.3, -0.25) is 0 Å². The molecule has 0 aliphatic rings. The molecule has 5 nitrogen and oxygen atoms in total.